The number of thioether (sulfide) groups is 1. The number of piperidine rings is 1. The third-order valence-electron chi connectivity index (χ3n) is 5.93. The summed E-state index contributed by atoms with van der Waals surface area (Å²) >= 11 is 5.75. The number of fused-ring (bicyclic) bond motifs is 2. The lowest BCUT2D eigenvalue weighted by molar-refractivity contribution is -0.139. The predicted molar refractivity (Wildman–Crippen MR) is 104 cm³/mol. The molecule has 3 amide bonds. The zero-order valence-electron chi connectivity index (χ0n) is 15.2. The summed E-state index contributed by atoms with van der Waals surface area (Å²) in [5, 5.41) is 4.72. The van der Waals surface area contributed by atoms with Crippen LogP contribution in [-0.2, 0) is 13.9 Å². The summed E-state index contributed by atoms with van der Waals surface area (Å²) < 4.78 is 4.83. The molecule has 2 bridgehead atoms. The van der Waals surface area contributed by atoms with E-state index in [-0.39, 0.29) is 24.0 Å². The SMILES string of the molecule is O=C(NOC[C@H]1C[C@H](N2CCSCC2)CN1)C1CCC2CN1C(=O)N2OS. The maximum Gasteiger partial charge on any atom is 0.345 e. The number of carbonyl (C=O) groups is 2. The van der Waals surface area contributed by atoms with Crippen LogP contribution < -0.4 is 10.8 Å². The Kier molecular flexibility index (Phi) is 6.35. The first-order valence-corrected chi connectivity index (χ1v) is 11.1. The van der Waals surface area contributed by atoms with E-state index in [0.717, 1.165) is 26.1 Å². The number of hydrogen-bond acceptors (Lipinski definition) is 8. The van der Waals surface area contributed by atoms with Gasteiger partial charge in [-0.3, -0.25) is 14.5 Å². The van der Waals surface area contributed by atoms with E-state index < -0.39 is 6.04 Å². The minimum absolute atomic E-state index is 0.0345. The molecule has 4 fully saturated rings. The molecule has 0 aromatic heterocycles. The molecule has 0 spiro atoms. The molecule has 0 radical (unpaired) electrons. The van der Waals surface area contributed by atoms with Crippen molar-refractivity contribution in [3.63, 3.8) is 0 Å². The number of thiol groups is 1. The van der Waals surface area contributed by atoms with Crippen LogP contribution in [0.2, 0.25) is 0 Å². The molecule has 0 aliphatic carbocycles. The molecule has 4 aliphatic heterocycles. The molecule has 0 aromatic carbocycles. The Morgan fingerprint density at radius 1 is 1.30 bits per heavy atom. The fourth-order valence-corrected chi connectivity index (χ4v) is 5.57. The predicted octanol–water partition coefficient (Wildman–Crippen LogP) is -0.141. The van der Waals surface area contributed by atoms with Gasteiger partial charge in [0.05, 0.1) is 12.6 Å². The molecular weight excluding hydrogens is 390 g/mol. The van der Waals surface area contributed by atoms with Crippen molar-refractivity contribution >= 4 is 36.6 Å². The van der Waals surface area contributed by atoms with Crippen molar-refractivity contribution in [3.8, 4) is 0 Å². The molecule has 0 saturated carbocycles. The normalized spacial score (nSPS) is 34.3. The van der Waals surface area contributed by atoms with Gasteiger partial charge in [0, 0.05) is 62.7 Å². The zero-order chi connectivity index (χ0) is 18.8. The Hall–Kier alpha value is -0.720. The molecule has 0 aromatic rings. The summed E-state index contributed by atoms with van der Waals surface area (Å²) in [5.74, 6) is 2.15. The van der Waals surface area contributed by atoms with Gasteiger partial charge in [0.25, 0.3) is 5.91 Å². The van der Waals surface area contributed by atoms with Crippen LogP contribution in [0.5, 0.6) is 0 Å². The van der Waals surface area contributed by atoms with Crippen LogP contribution in [-0.4, -0.2) is 95.3 Å². The van der Waals surface area contributed by atoms with Crippen molar-refractivity contribution in [2.75, 3.05) is 44.3 Å². The van der Waals surface area contributed by atoms with Gasteiger partial charge in [-0.1, -0.05) is 0 Å². The second kappa shape index (κ2) is 8.75. The van der Waals surface area contributed by atoms with Crippen molar-refractivity contribution in [1.82, 2.24) is 25.7 Å². The number of hydrogen-bond donors (Lipinski definition) is 3. The van der Waals surface area contributed by atoms with Crippen molar-refractivity contribution < 1.29 is 18.7 Å². The average molecular weight is 418 g/mol. The Morgan fingerprint density at radius 2 is 2.11 bits per heavy atom. The Balaban J connectivity index is 1.20. The molecule has 4 atom stereocenters. The zero-order valence-corrected chi connectivity index (χ0v) is 16.9. The molecule has 4 rings (SSSR count). The lowest BCUT2D eigenvalue weighted by atomic mass is 10.0. The highest BCUT2D eigenvalue weighted by molar-refractivity contribution is 7.99. The molecule has 11 heteroatoms. The smallest absolute Gasteiger partial charge is 0.310 e. The number of nitrogens with one attached hydrogen (secondary N) is 2. The highest BCUT2D eigenvalue weighted by Crippen LogP contribution is 2.30. The first kappa shape index (κ1) is 19.6. The van der Waals surface area contributed by atoms with E-state index in [0.29, 0.717) is 32.0 Å². The number of rotatable bonds is 6. The molecule has 152 valence electrons. The van der Waals surface area contributed by atoms with Crippen molar-refractivity contribution in [2.45, 2.75) is 43.4 Å². The van der Waals surface area contributed by atoms with Crippen molar-refractivity contribution in [2.24, 2.45) is 0 Å². The third-order valence-corrected chi connectivity index (χ3v) is 7.05. The summed E-state index contributed by atoms with van der Waals surface area (Å²) in [4.78, 5) is 34.3. The van der Waals surface area contributed by atoms with Crippen molar-refractivity contribution in [3.05, 3.63) is 0 Å². The minimum Gasteiger partial charge on any atom is -0.310 e. The van der Waals surface area contributed by atoms with Gasteiger partial charge in [-0.15, -0.1) is 0 Å². The molecule has 9 nitrogen and oxygen atoms in total. The molecule has 4 heterocycles. The molecule has 2 N–H and O–H groups in total. The van der Waals surface area contributed by atoms with Crippen LogP contribution in [0, 0.1) is 0 Å². The van der Waals surface area contributed by atoms with Gasteiger partial charge < -0.3 is 10.2 Å². The van der Waals surface area contributed by atoms with E-state index >= 15 is 0 Å². The maximum atomic E-state index is 12.5. The summed E-state index contributed by atoms with van der Waals surface area (Å²) in [5.41, 5.74) is 2.54. The quantitative estimate of drug-likeness (QED) is 0.315. The molecule has 4 saturated heterocycles. The van der Waals surface area contributed by atoms with Gasteiger partial charge in [-0.2, -0.15) is 16.8 Å². The first-order chi connectivity index (χ1) is 13.2. The maximum absolute atomic E-state index is 12.5. The number of amides is 3. The van der Waals surface area contributed by atoms with Gasteiger partial charge in [0.15, 0.2) is 0 Å². The highest BCUT2D eigenvalue weighted by Gasteiger charge is 2.48. The topological polar surface area (TPSA) is 86.4 Å². The average Bonchev–Trinajstić information content (AvgIpc) is 3.26. The second-order valence-electron chi connectivity index (χ2n) is 7.51. The fraction of sp³-hybridized carbons (Fsp3) is 0.875. The Bertz CT molecular complexity index is 565. The summed E-state index contributed by atoms with van der Waals surface area (Å²) in [7, 11) is 0. The summed E-state index contributed by atoms with van der Waals surface area (Å²) in [6.45, 7) is 4.19. The number of carbonyl (C=O) groups excluding carboxylic acids is 2. The van der Waals surface area contributed by atoms with Gasteiger partial charge in [0.2, 0.25) is 0 Å². The van der Waals surface area contributed by atoms with Crippen LogP contribution >= 0.6 is 24.7 Å². The van der Waals surface area contributed by atoms with Crippen LogP contribution in [0.4, 0.5) is 4.79 Å². The van der Waals surface area contributed by atoms with E-state index in [1.807, 2.05) is 11.8 Å². The van der Waals surface area contributed by atoms with Crippen LogP contribution in [0.25, 0.3) is 0 Å². The lowest BCUT2D eigenvalue weighted by Gasteiger charge is -2.31. The second-order valence-corrected chi connectivity index (χ2v) is 8.90. The monoisotopic (exact) mass is 417 g/mol. The van der Waals surface area contributed by atoms with Crippen LogP contribution in [0.1, 0.15) is 19.3 Å². The number of hydroxylamine groups is 3. The highest BCUT2D eigenvalue weighted by atomic mass is 32.2. The van der Waals surface area contributed by atoms with E-state index in [1.54, 1.807) is 0 Å². The van der Waals surface area contributed by atoms with E-state index in [9.17, 15) is 9.59 Å². The summed E-state index contributed by atoms with van der Waals surface area (Å²) in [6, 6.07) is -0.0696. The van der Waals surface area contributed by atoms with E-state index in [1.165, 1.54) is 21.5 Å². The number of urea groups is 1. The number of nitrogens with zero attached hydrogens (tertiary/aromatic N) is 3. The van der Waals surface area contributed by atoms with E-state index in [4.69, 9.17) is 9.12 Å². The van der Waals surface area contributed by atoms with Crippen LogP contribution in [0.15, 0.2) is 0 Å². The van der Waals surface area contributed by atoms with Gasteiger partial charge in [-0.05, 0) is 19.3 Å². The molecule has 4 aliphatic rings. The van der Waals surface area contributed by atoms with Crippen LogP contribution in [0.3, 0.4) is 0 Å². The minimum atomic E-state index is -0.516. The first-order valence-electron chi connectivity index (χ1n) is 9.55. The van der Waals surface area contributed by atoms with Gasteiger partial charge in [-0.25, -0.2) is 14.6 Å². The standard InChI is InChI=1S/C16H27N5O4S2/c22-15(14-2-1-12-9-20(14)16(23)21(12)25-26)18-24-10-11-7-13(8-17-11)19-3-5-27-6-4-19/h11-14,17,26H,1-10H2,(H,18,22)/t11-,12?,13+,14?/m1/s1. The lowest BCUT2D eigenvalue weighted by Crippen LogP contribution is -2.50. The fourth-order valence-electron chi connectivity index (χ4n) is 4.44. The third kappa shape index (κ3) is 4.18. The molecular formula is C16H27N5O4S2. The van der Waals surface area contributed by atoms with Gasteiger partial charge >= 0.3 is 6.03 Å². The Labute approximate surface area is 169 Å². The Morgan fingerprint density at radius 3 is 2.89 bits per heavy atom. The molecule has 2 unspecified atom stereocenters. The van der Waals surface area contributed by atoms with Gasteiger partial charge in [0.1, 0.15) is 6.04 Å². The van der Waals surface area contributed by atoms with E-state index in [2.05, 4.69) is 28.6 Å². The molecule has 27 heavy (non-hydrogen) atoms. The largest absolute Gasteiger partial charge is 0.345 e. The summed E-state index contributed by atoms with van der Waals surface area (Å²) in [6.07, 6.45) is 2.33. The van der Waals surface area contributed by atoms with Crippen molar-refractivity contribution in [1.29, 1.82) is 0 Å².